The molecule has 0 atom stereocenters. The number of nitrogens with one attached hydrogen (secondary N) is 1. The van der Waals surface area contributed by atoms with Crippen LogP contribution in [0.1, 0.15) is 37.0 Å². The smallest absolute Gasteiger partial charge is 0.347 e. The third-order valence-corrected chi connectivity index (χ3v) is 3.64. The summed E-state index contributed by atoms with van der Waals surface area (Å²) in [5.41, 5.74) is 0.332. The zero-order valence-electron chi connectivity index (χ0n) is 16.5. The minimum atomic E-state index is -4.43. The summed E-state index contributed by atoms with van der Waals surface area (Å²) < 4.78 is 63.1. The van der Waals surface area contributed by atoms with E-state index >= 15 is 0 Å². The van der Waals surface area contributed by atoms with E-state index in [1.165, 1.54) is 23.5 Å². The average Bonchev–Trinajstić information content (AvgIpc) is 2.99. The summed E-state index contributed by atoms with van der Waals surface area (Å²) in [6, 6.07) is 4.12. The summed E-state index contributed by atoms with van der Waals surface area (Å²) in [7, 11) is 0. The highest BCUT2D eigenvalue weighted by atomic mass is 19.4. The molecule has 0 spiro atoms. The fourth-order valence-electron chi connectivity index (χ4n) is 2.41. The van der Waals surface area contributed by atoms with Gasteiger partial charge in [-0.25, -0.2) is 4.98 Å². The quantitative estimate of drug-likeness (QED) is 0.779. The van der Waals surface area contributed by atoms with Gasteiger partial charge in [0.05, 0.1) is 15.4 Å². The van der Waals surface area contributed by atoms with Gasteiger partial charge in [-0.15, -0.1) is 0 Å². The van der Waals surface area contributed by atoms with Crippen LogP contribution in [0.5, 0.6) is 0 Å². The normalized spacial score (nSPS) is 13.4. The van der Waals surface area contributed by atoms with Crippen molar-refractivity contribution in [2.24, 2.45) is 0 Å². The van der Waals surface area contributed by atoms with Crippen molar-refractivity contribution in [1.29, 1.82) is 0 Å². The van der Waals surface area contributed by atoms with E-state index in [9.17, 15) is 18.0 Å². The number of imidazole rings is 1. The number of pyridine rings is 1. The van der Waals surface area contributed by atoms with E-state index in [2.05, 4.69) is 10.3 Å². The zero-order chi connectivity index (χ0) is 20.8. The Morgan fingerprint density at radius 3 is 2.56 bits per heavy atom. The van der Waals surface area contributed by atoms with Gasteiger partial charge in [-0.05, 0) is 43.1 Å². The molecule has 0 saturated carbocycles. The number of rotatable bonds is 3. The van der Waals surface area contributed by atoms with Crippen LogP contribution in [0.25, 0.3) is 5.65 Å². The molecule has 2 heterocycles. The Hall–Kier alpha value is -2.83. The minimum absolute atomic E-state index is 0.0137. The van der Waals surface area contributed by atoms with E-state index in [4.69, 9.17) is 4.11 Å². The Bertz CT molecular complexity index is 1080. The van der Waals surface area contributed by atoms with Crippen LogP contribution in [0, 0.1) is 13.8 Å². The number of halogens is 3. The average molecular weight is 350 g/mol. The number of hydrogen-bond acceptors (Lipinski definition) is 2. The molecule has 3 rings (SSSR count). The van der Waals surface area contributed by atoms with Gasteiger partial charge in [0, 0.05) is 12.7 Å². The molecule has 1 N–H and O–H groups in total. The fourth-order valence-corrected chi connectivity index (χ4v) is 2.41. The summed E-state index contributed by atoms with van der Waals surface area (Å²) in [6.07, 6.45) is -4.54. The van der Waals surface area contributed by atoms with Crippen LogP contribution in [-0.4, -0.2) is 15.3 Å². The van der Waals surface area contributed by atoms with Crippen molar-refractivity contribution in [2.45, 2.75) is 26.6 Å². The number of carbonyl (C=O) groups excluding carboxylic acids is 1. The molecule has 0 aliphatic rings. The first kappa shape index (κ1) is 13.5. The van der Waals surface area contributed by atoms with E-state index in [0.717, 1.165) is 12.1 Å². The number of alkyl halides is 3. The van der Waals surface area contributed by atoms with Crippen molar-refractivity contribution in [1.82, 2.24) is 14.7 Å². The van der Waals surface area contributed by atoms with Gasteiger partial charge in [0.15, 0.2) is 0 Å². The van der Waals surface area contributed by atoms with Crippen molar-refractivity contribution in [3.63, 3.8) is 0 Å². The summed E-state index contributed by atoms with van der Waals surface area (Å²) in [5, 5.41) is 2.60. The third kappa shape index (κ3) is 3.50. The predicted octanol–water partition coefficient (Wildman–Crippen LogP) is 3.90. The Morgan fingerprint density at radius 1 is 1.24 bits per heavy atom. The fraction of sp³-hybridized carbons (Fsp3) is 0.222. The largest absolute Gasteiger partial charge is 0.416 e. The number of amides is 1. The lowest BCUT2D eigenvalue weighted by atomic mass is 10.1. The number of aromatic nitrogens is 2. The predicted molar refractivity (Wildman–Crippen MR) is 87.3 cm³/mol. The molecule has 2 aromatic heterocycles. The van der Waals surface area contributed by atoms with Gasteiger partial charge in [-0.2, -0.15) is 13.2 Å². The Labute approximate surface area is 146 Å². The van der Waals surface area contributed by atoms with Gasteiger partial charge < -0.3 is 5.32 Å². The Balaban J connectivity index is 1.89. The van der Waals surface area contributed by atoms with Crippen molar-refractivity contribution in [2.75, 3.05) is 0 Å². The van der Waals surface area contributed by atoms with Crippen LogP contribution in [-0.2, 0) is 12.7 Å². The van der Waals surface area contributed by atoms with Gasteiger partial charge in [-0.3, -0.25) is 9.20 Å². The van der Waals surface area contributed by atoms with Crippen LogP contribution in [0.3, 0.4) is 0 Å². The van der Waals surface area contributed by atoms with Crippen molar-refractivity contribution in [3.8, 4) is 0 Å². The van der Waals surface area contributed by atoms with E-state index in [1.54, 1.807) is 6.92 Å². The molecule has 0 aliphatic carbocycles. The molecule has 0 bridgehead atoms. The van der Waals surface area contributed by atoms with Crippen molar-refractivity contribution < 1.29 is 22.1 Å². The maximum absolute atomic E-state index is 12.7. The zero-order valence-corrected chi connectivity index (χ0v) is 13.5. The molecule has 4 nitrogen and oxygen atoms in total. The van der Waals surface area contributed by atoms with Gasteiger partial charge in [0.1, 0.15) is 11.3 Å². The molecule has 1 aromatic carbocycles. The van der Waals surface area contributed by atoms with Gasteiger partial charge in [-0.1, -0.05) is 18.2 Å². The minimum Gasteiger partial charge on any atom is -0.347 e. The number of carbonyl (C=O) groups is 1. The van der Waals surface area contributed by atoms with Crippen LogP contribution < -0.4 is 5.32 Å². The highest BCUT2D eigenvalue weighted by Gasteiger charge is 2.29. The van der Waals surface area contributed by atoms with E-state index in [0.29, 0.717) is 5.56 Å². The maximum atomic E-state index is 12.7. The molecular weight excluding hydrogens is 331 g/mol. The standard InChI is InChI=1S/C18H16F3N3O/c1-11-3-8-15-23-12(2)16(24(15)10-11)17(25)22-9-13-4-6-14(7-5-13)18(19,20)21/h3-8,10H,9H2,1-2H3,(H,22,25)/i3D,8D,10D. The Kier molecular flexibility index (Phi) is 3.36. The number of benzene rings is 1. The highest BCUT2D eigenvalue weighted by Crippen LogP contribution is 2.29. The molecule has 0 unspecified atom stereocenters. The van der Waals surface area contributed by atoms with Crippen LogP contribution in [0.2, 0.25) is 0 Å². The lowest BCUT2D eigenvalue weighted by Gasteiger charge is -2.09. The molecule has 3 aromatic rings. The first-order valence-electron chi connectivity index (χ1n) is 8.92. The van der Waals surface area contributed by atoms with Gasteiger partial charge >= 0.3 is 6.18 Å². The molecular formula is C18H16F3N3O. The number of aryl methyl sites for hydroxylation is 1. The summed E-state index contributed by atoms with van der Waals surface area (Å²) >= 11 is 0. The van der Waals surface area contributed by atoms with E-state index in [-0.39, 0.29) is 47.4 Å². The van der Waals surface area contributed by atoms with E-state index < -0.39 is 17.6 Å². The first-order valence-corrected chi connectivity index (χ1v) is 7.42. The van der Waals surface area contributed by atoms with Crippen molar-refractivity contribution >= 4 is 11.6 Å². The highest BCUT2D eigenvalue weighted by molar-refractivity contribution is 5.94. The topological polar surface area (TPSA) is 46.4 Å². The monoisotopic (exact) mass is 350 g/mol. The summed E-state index contributed by atoms with van der Waals surface area (Å²) in [4.78, 5) is 16.8. The van der Waals surface area contributed by atoms with Crippen LogP contribution >= 0.6 is 0 Å². The lowest BCUT2D eigenvalue weighted by Crippen LogP contribution is -2.25. The molecule has 1 amide bonds. The number of nitrogens with zero attached hydrogens (tertiary/aromatic N) is 2. The summed E-state index contributed by atoms with van der Waals surface area (Å²) in [6.45, 7) is 3.06. The van der Waals surface area contributed by atoms with Gasteiger partial charge in [0.2, 0.25) is 0 Å². The second-order valence-corrected chi connectivity index (χ2v) is 5.57. The molecule has 0 saturated heterocycles. The van der Waals surface area contributed by atoms with Crippen molar-refractivity contribution in [3.05, 3.63) is 70.6 Å². The molecule has 130 valence electrons. The van der Waals surface area contributed by atoms with E-state index in [1.807, 2.05) is 0 Å². The molecule has 0 radical (unpaired) electrons. The molecule has 0 aliphatic heterocycles. The second-order valence-electron chi connectivity index (χ2n) is 5.57. The first-order chi connectivity index (χ1) is 13.0. The number of hydrogen-bond donors (Lipinski definition) is 1. The lowest BCUT2D eigenvalue weighted by molar-refractivity contribution is -0.137. The second kappa shape index (κ2) is 6.23. The van der Waals surface area contributed by atoms with Crippen LogP contribution in [0.15, 0.2) is 42.5 Å². The van der Waals surface area contributed by atoms with Gasteiger partial charge in [0.25, 0.3) is 5.91 Å². The van der Waals surface area contributed by atoms with Crippen LogP contribution in [0.4, 0.5) is 13.2 Å². The molecule has 7 heteroatoms. The molecule has 0 fully saturated rings. The Morgan fingerprint density at radius 2 is 1.92 bits per heavy atom. The third-order valence-electron chi connectivity index (χ3n) is 3.64. The maximum Gasteiger partial charge on any atom is 0.416 e. The SMILES string of the molecule is [2H]c1c(C)c([2H])n2c(C(=O)NCc3ccc(C(F)(F)F)cc3)c(C)nc2c1[2H]. The summed E-state index contributed by atoms with van der Waals surface area (Å²) in [5.74, 6) is -0.574. The molecule has 25 heavy (non-hydrogen) atoms. The number of fused-ring (bicyclic) bond motifs is 1.